The molecule has 0 aliphatic carbocycles. The fourth-order valence-electron chi connectivity index (χ4n) is 2.04. The summed E-state index contributed by atoms with van der Waals surface area (Å²) in [7, 11) is 1.27. The van der Waals surface area contributed by atoms with E-state index in [1.54, 1.807) is 18.2 Å². The lowest BCUT2D eigenvalue weighted by molar-refractivity contribution is -0.385. The fourth-order valence-corrected chi connectivity index (χ4v) is 2.04. The number of nitriles is 1. The molecule has 9 heteroatoms. The summed E-state index contributed by atoms with van der Waals surface area (Å²) >= 11 is 0. The van der Waals surface area contributed by atoms with Crippen molar-refractivity contribution in [3.63, 3.8) is 0 Å². The summed E-state index contributed by atoms with van der Waals surface area (Å²) in [5.74, 6) is -1.50. The third-order valence-corrected chi connectivity index (χ3v) is 3.22. The van der Waals surface area contributed by atoms with E-state index < -0.39 is 23.4 Å². The summed E-state index contributed by atoms with van der Waals surface area (Å²) in [6, 6.07) is 11.7. The lowest BCUT2D eigenvalue weighted by atomic mass is 10.2. The Morgan fingerprint density at radius 3 is 2.69 bits per heavy atom. The first kappa shape index (κ1) is 18.4. The van der Waals surface area contributed by atoms with Crippen molar-refractivity contribution in [2.24, 2.45) is 0 Å². The second-order valence-corrected chi connectivity index (χ2v) is 4.96. The molecule has 1 N–H and O–H groups in total. The normalized spacial score (nSPS) is 9.69. The average molecular weight is 355 g/mol. The third-order valence-electron chi connectivity index (χ3n) is 3.22. The van der Waals surface area contributed by atoms with Gasteiger partial charge in [0.15, 0.2) is 12.4 Å². The van der Waals surface area contributed by atoms with Crippen molar-refractivity contribution in [3.05, 3.63) is 63.7 Å². The highest BCUT2D eigenvalue weighted by Crippen LogP contribution is 2.27. The summed E-state index contributed by atoms with van der Waals surface area (Å²) < 4.78 is 9.69. The molecule has 0 aromatic heterocycles. The monoisotopic (exact) mass is 355 g/mol. The number of hydrogen-bond acceptors (Lipinski definition) is 7. The molecular weight excluding hydrogens is 342 g/mol. The average Bonchev–Trinajstić information content (AvgIpc) is 2.65. The molecule has 2 rings (SSSR count). The number of nitrogens with zero attached hydrogens (tertiary/aromatic N) is 2. The molecule has 0 spiro atoms. The quantitative estimate of drug-likeness (QED) is 0.477. The third kappa shape index (κ3) is 4.55. The number of nitro benzene ring substituents is 1. The van der Waals surface area contributed by atoms with Gasteiger partial charge in [-0.05, 0) is 30.3 Å². The molecule has 1 amide bonds. The van der Waals surface area contributed by atoms with Gasteiger partial charge in [-0.25, -0.2) is 4.79 Å². The first-order valence-corrected chi connectivity index (χ1v) is 7.24. The van der Waals surface area contributed by atoms with E-state index >= 15 is 0 Å². The highest BCUT2D eigenvalue weighted by molar-refractivity contribution is 5.96. The van der Waals surface area contributed by atoms with Crippen molar-refractivity contribution in [1.29, 1.82) is 5.26 Å². The van der Waals surface area contributed by atoms with E-state index in [9.17, 15) is 19.7 Å². The van der Waals surface area contributed by atoms with E-state index in [2.05, 4.69) is 5.32 Å². The number of nitro groups is 1. The van der Waals surface area contributed by atoms with Gasteiger partial charge < -0.3 is 14.8 Å². The van der Waals surface area contributed by atoms with E-state index in [0.717, 1.165) is 6.07 Å². The summed E-state index contributed by atoms with van der Waals surface area (Å²) in [6.07, 6.45) is 0. The van der Waals surface area contributed by atoms with E-state index in [0.29, 0.717) is 11.3 Å². The maximum absolute atomic E-state index is 12.0. The van der Waals surface area contributed by atoms with E-state index in [4.69, 9.17) is 14.7 Å². The van der Waals surface area contributed by atoms with Gasteiger partial charge in [-0.3, -0.25) is 14.9 Å². The minimum absolute atomic E-state index is 0.00154. The van der Waals surface area contributed by atoms with Crippen LogP contribution in [-0.4, -0.2) is 30.5 Å². The van der Waals surface area contributed by atoms with Gasteiger partial charge in [0.05, 0.1) is 29.2 Å². The first-order valence-electron chi connectivity index (χ1n) is 7.24. The van der Waals surface area contributed by atoms with Crippen LogP contribution in [0.15, 0.2) is 42.5 Å². The Bertz CT molecular complexity index is 904. The van der Waals surface area contributed by atoms with Crippen LogP contribution in [-0.2, 0) is 9.53 Å². The number of rotatable bonds is 6. The molecule has 0 fully saturated rings. The molecular formula is C17H13N3O6. The van der Waals surface area contributed by atoms with Crippen LogP contribution in [0.3, 0.4) is 0 Å². The second-order valence-electron chi connectivity index (χ2n) is 4.96. The van der Waals surface area contributed by atoms with Gasteiger partial charge in [0.1, 0.15) is 0 Å². The lowest BCUT2D eigenvalue weighted by Crippen LogP contribution is -2.21. The minimum atomic E-state index is -0.892. The van der Waals surface area contributed by atoms with Gasteiger partial charge in [0.25, 0.3) is 5.91 Å². The summed E-state index contributed by atoms with van der Waals surface area (Å²) in [6.45, 7) is -0.588. The number of esters is 1. The highest BCUT2D eigenvalue weighted by Gasteiger charge is 2.19. The van der Waals surface area contributed by atoms with Crippen molar-refractivity contribution in [2.75, 3.05) is 19.0 Å². The highest BCUT2D eigenvalue weighted by atomic mass is 16.6. The number of carbonyl (C=O) groups is 2. The van der Waals surface area contributed by atoms with Gasteiger partial charge in [-0.15, -0.1) is 0 Å². The summed E-state index contributed by atoms with van der Waals surface area (Å²) in [5, 5.41) is 22.2. The minimum Gasteiger partial charge on any atom is -0.490 e. The topological polar surface area (TPSA) is 132 Å². The van der Waals surface area contributed by atoms with Crippen LogP contribution in [0.1, 0.15) is 15.9 Å². The molecule has 0 radical (unpaired) electrons. The maximum Gasteiger partial charge on any atom is 0.338 e. The van der Waals surface area contributed by atoms with Crippen LogP contribution in [0.25, 0.3) is 0 Å². The maximum atomic E-state index is 12.0. The zero-order chi connectivity index (χ0) is 19.1. The van der Waals surface area contributed by atoms with Crippen molar-refractivity contribution < 1.29 is 24.0 Å². The van der Waals surface area contributed by atoms with Gasteiger partial charge in [-0.2, -0.15) is 5.26 Å². The predicted molar refractivity (Wildman–Crippen MR) is 89.7 cm³/mol. The molecule has 132 valence electrons. The Hall–Kier alpha value is -3.93. The molecule has 2 aromatic rings. The molecule has 0 aliphatic rings. The number of hydrogen-bond donors (Lipinski definition) is 1. The molecule has 0 saturated heterocycles. The van der Waals surface area contributed by atoms with Crippen LogP contribution < -0.4 is 10.1 Å². The zero-order valence-electron chi connectivity index (χ0n) is 13.6. The van der Waals surface area contributed by atoms with Crippen molar-refractivity contribution in [3.8, 4) is 11.8 Å². The number of amides is 1. The molecule has 0 heterocycles. The van der Waals surface area contributed by atoms with E-state index in [1.807, 2.05) is 6.07 Å². The lowest BCUT2D eigenvalue weighted by Gasteiger charge is -2.07. The van der Waals surface area contributed by atoms with Crippen LogP contribution >= 0.6 is 0 Å². The number of anilines is 1. The largest absolute Gasteiger partial charge is 0.490 e. The van der Waals surface area contributed by atoms with E-state index in [-0.39, 0.29) is 17.0 Å². The van der Waals surface area contributed by atoms with Gasteiger partial charge in [-0.1, -0.05) is 6.07 Å². The van der Waals surface area contributed by atoms with Crippen molar-refractivity contribution in [2.45, 2.75) is 0 Å². The predicted octanol–water partition coefficient (Wildman–Crippen LogP) is 2.27. The summed E-state index contributed by atoms with van der Waals surface area (Å²) in [4.78, 5) is 34.1. The molecule has 0 bridgehead atoms. The fraction of sp³-hybridized carbons (Fsp3) is 0.118. The Labute approximate surface area is 147 Å². The molecule has 0 saturated carbocycles. The van der Waals surface area contributed by atoms with Crippen LogP contribution in [0.4, 0.5) is 11.4 Å². The molecule has 0 aliphatic heterocycles. The van der Waals surface area contributed by atoms with Crippen molar-refractivity contribution in [1.82, 2.24) is 0 Å². The van der Waals surface area contributed by atoms with Crippen LogP contribution in [0, 0.1) is 21.4 Å². The molecule has 0 unspecified atom stereocenters. The van der Waals surface area contributed by atoms with Gasteiger partial charge in [0.2, 0.25) is 0 Å². The Kier molecular flexibility index (Phi) is 5.84. The number of benzene rings is 2. The number of ether oxygens (including phenoxy) is 2. The molecule has 26 heavy (non-hydrogen) atoms. The summed E-state index contributed by atoms with van der Waals surface area (Å²) in [5.41, 5.74) is 0.270. The molecule has 2 aromatic carbocycles. The SMILES string of the molecule is COc1ccc(C(=O)OCC(=O)Nc2cccc(C#N)c2)cc1[N+](=O)[O-]. The second kappa shape index (κ2) is 8.25. The first-order chi connectivity index (χ1) is 12.4. The van der Waals surface area contributed by atoms with Crippen LogP contribution in [0.5, 0.6) is 5.75 Å². The van der Waals surface area contributed by atoms with Crippen molar-refractivity contribution >= 4 is 23.3 Å². The molecule has 9 nitrogen and oxygen atoms in total. The van der Waals surface area contributed by atoms with Crippen LogP contribution in [0.2, 0.25) is 0 Å². The van der Waals surface area contributed by atoms with Gasteiger partial charge >= 0.3 is 11.7 Å². The smallest absolute Gasteiger partial charge is 0.338 e. The zero-order valence-corrected chi connectivity index (χ0v) is 13.6. The number of carbonyl (C=O) groups excluding carboxylic acids is 2. The van der Waals surface area contributed by atoms with E-state index in [1.165, 1.54) is 25.3 Å². The Morgan fingerprint density at radius 2 is 2.04 bits per heavy atom. The Balaban J connectivity index is 1.99. The number of nitrogens with one attached hydrogen (secondary N) is 1. The number of methoxy groups -OCH3 is 1. The van der Waals surface area contributed by atoms with Gasteiger partial charge in [0, 0.05) is 11.8 Å². The Morgan fingerprint density at radius 1 is 1.27 bits per heavy atom. The standard InChI is InChI=1S/C17H13N3O6/c1-25-15-6-5-12(8-14(15)20(23)24)17(22)26-10-16(21)19-13-4-2-3-11(7-13)9-18/h2-8H,10H2,1H3,(H,19,21). The molecule has 0 atom stereocenters.